The summed E-state index contributed by atoms with van der Waals surface area (Å²) < 4.78 is 0. The molecule has 148 valence electrons. The lowest BCUT2D eigenvalue weighted by Gasteiger charge is -2.32. The lowest BCUT2D eigenvalue weighted by atomic mass is 9.94. The Hall–Kier alpha value is -2.72. The number of likely N-dealkylation sites (tertiary alicyclic amines) is 1. The number of aryl methyl sites for hydroxylation is 1. The van der Waals surface area contributed by atoms with E-state index in [0.29, 0.717) is 18.0 Å². The molecule has 0 radical (unpaired) electrons. The zero-order valence-corrected chi connectivity index (χ0v) is 17.1. The Morgan fingerprint density at radius 2 is 1.97 bits per heavy atom. The van der Waals surface area contributed by atoms with Crippen molar-refractivity contribution in [1.29, 1.82) is 0 Å². The molecule has 1 aromatic heterocycles. The molecule has 1 aliphatic heterocycles. The average molecular weight is 406 g/mol. The fourth-order valence-corrected chi connectivity index (χ4v) is 4.05. The van der Waals surface area contributed by atoms with Gasteiger partial charge < -0.3 is 4.90 Å². The second-order valence-electron chi connectivity index (χ2n) is 7.50. The van der Waals surface area contributed by atoms with Gasteiger partial charge in [0.2, 0.25) is 5.91 Å². The number of nitrogens with zero attached hydrogens (tertiary/aromatic N) is 3. The van der Waals surface area contributed by atoms with E-state index in [9.17, 15) is 4.79 Å². The molecule has 0 aliphatic carbocycles. The van der Waals surface area contributed by atoms with E-state index >= 15 is 0 Å². The molecule has 1 fully saturated rings. The monoisotopic (exact) mass is 405 g/mol. The van der Waals surface area contributed by atoms with Gasteiger partial charge in [0.25, 0.3) is 0 Å². The van der Waals surface area contributed by atoms with E-state index in [1.807, 2.05) is 53.6 Å². The number of hydrogen-bond acceptors (Lipinski definition) is 3. The molecule has 1 saturated heterocycles. The van der Waals surface area contributed by atoms with Gasteiger partial charge in [-0.3, -0.25) is 9.78 Å². The van der Waals surface area contributed by atoms with Crippen LogP contribution in [0.15, 0.2) is 67.0 Å². The van der Waals surface area contributed by atoms with E-state index in [-0.39, 0.29) is 11.8 Å². The number of hydrogen-bond donors (Lipinski definition) is 0. The summed E-state index contributed by atoms with van der Waals surface area (Å²) in [6, 6.07) is 17.8. The van der Waals surface area contributed by atoms with Gasteiger partial charge in [-0.15, -0.1) is 0 Å². The summed E-state index contributed by atoms with van der Waals surface area (Å²) in [5.74, 6) is 0.438. The molecule has 5 heteroatoms. The molecule has 1 amide bonds. The Bertz CT molecular complexity index is 977. The minimum Gasteiger partial charge on any atom is -0.342 e. The smallest absolute Gasteiger partial charge is 0.222 e. The summed E-state index contributed by atoms with van der Waals surface area (Å²) in [7, 11) is 0. The Morgan fingerprint density at radius 1 is 1.10 bits per heavy atom. The van der Waals surface area contributed by atoms with Gasteiger partial charge in [0.15, 0.2) is 0 Å². The lowest BCUT2D eigenvalue weighted by Crippen LogP contribution is -2.39. The minimum atomic E-state index is 0.219. The van der Waals surface area contributed by atoms with Crippen molar-refractivity contribution in [1.82, 2.24) is 14.9 Å². The molecule has 4 rings (SSSR count). The van der Waals surface area contributed by atoms with E-state index in [1.165, 1.54) is 5.56 Å². The van der Waals surface area contributed by atoms with Crippen molar-refractivity contribution >= 4 is 17.5 Å². The Kier molecular flexibility index (Phi) is 6.20. The van der Waals surface area contributed by atoms with Crippen LogP contribution in [0.1, 0.15) is 36.4 Å². The van der Waals surface area contributed by atoms with Crippen LogP contribution >= 0.6 is 11.6 Å². The number of rotatable bonds is 5. The summed E-state index contributed by atoms with van der Waals surface area (Å²) in [4.78, 5) is 24.0. The Morgan fingerprint density at radius 3 is 2.79 bits per heavy atom. The zero-order chi connectivity index (χ0) is 20.1. The van der Waals surface area contributed by atoms with Crippen LogP contribution in [0.25, 0.3) is 11.3 Å². The summed E-state index contributed by atoms with van der Waals surface area (Å²) in [5, 5.41) is 0.683. The molecule has 4 nitrogen and oxygen atoms in total. The van der Waals surface area contributed by atoms with E-state index in [1.54, 1.807) is 6.20 Å². The van der Waals surface area contributed by atoms with Gasteiger partial charge in [0.1, 0.15) is 0 Å². The summed E-state index contributed by atoms with van der Waals surface area (Å²) in [6.07, 6.45) is 6.94. The van der Waals surface area contributed by atoms with E-state index in [2.05, 4.69) is 17.1 Å². The first-order chi connectivity index (χ1) is 14.2. The fourth-order valence-electron chi connectivity index (χ4n) is 3.86. The van der Waals surface area contributed by atoms with Crippen LogP contribution in [0.4, 0.5) is 0 Å². The topological polar surface area (TPSA) is 46.1 Å². The highest BCUT2D eigenvalue weighted by atomic mass is 35.5. The number of amides is 1. The number of carbonyl (C=O) groups is 1. The van der Waals surface area contributed by atoms with Crippen LogP contribution in [0.3, 0.4) is 0 Å². The van der Waals surface area contributed by atoms with Crippen LogP contribution in [0.2, 0.25) is 5.02 Å². The third-order valence-corrected chi connectivity index (χ3v) is 5.67. The average Bonchev–Trinajstić information content (AvgIpc) is 2.78. The number of halogens is 1. The Labute approximate surface area is 176 Å². The molecule has 0 spiro atoms. The predicted molar refractivity (Wildman–Crippen MR) is 116 cm³/mol. The quantitative estimate of drug-likeness (QED) is 0.590. The van der Waals surface area contributed by atoms with Crippen molar-refractivity contribution in [3.05, 3.63) is 83.3 Å². The van der Waals surface area contributed by atoms with Crippen molar-refractivity contribution in [2.75, 3.05) is 13.1 Å². The standard InChI is InChI=1S/C24H24ClN3O/c25-21-10-4-8-19(14-21)22-15-26-16-23(27-22)20-9-5-13-28(17-20)24(29)12-11-18-6-2-1-3-7-18/h1-4,6-8,10,14-16,20H,5,9,11-13,17H2/t20-/m1/s1. The molecule has 2 heterocycles. The molecule has 2 aromatic carbocycles. The molecule has 0 saturated carbocycles. The number of carbonyl (C=O) groups excluding carboxylic acids is 1. The molecule has 0 unspecified atom stereocenters. The maximum Gasteiger partial charge on any atom is 0.222 e. The van der Waals surface area contributed by atoms with E-state index in [4.69, 9.17) is 16.6 Å². The van der Waals surface area contributed by atoms with Crippen molar-refractivity contribution in [3.8, 4) is 11.3 Å². The molecule has 1 atom stereocenters. The molecule has 0 bridgehead atoms. The molecule has 1 aliphatic rings. The van der Waals surface area contributed by atoms with Gasteiger partial charge in [-0.25, -0.2) is 4.98 Å². The summed E-state index contributed by atoms with van der Waals surface area (Å²) in [5.41, 5.74) is 3.92. The van der Waals surface area contributed by atoms with Crippen molar-refractivity contribution in [3.63, 3.8) is 0 Å². The van der Waals surface area contributed by atoms with E-state index < -0.39 is 0 Å². The van der Waals surface area contributed by atoms with Gasteiger partial charge in [-0.05, 0) is 37.0 Å². The second-order valence-corrected chi connectivity index (χ2v) is 7.94. The third-order valence-electron chi connectivity index (χ3n) is 5.44. The molecule has 29 heavy (non-hydrogen) atoms. The summed E-state index contributed by atoms with van der Waals surface area (Å²) in [6.45, 7) is 1.53. The number of aromatic nitrogens is 2. The minimum absolute atomic E-state index is 0.219. The first-order valence-electron chi connectivity index (χ1n) is 10.1. The first kappa shape index (κ1) is 19.6. The highest BCUT2D eigenvalue weighted by Crippen LogP contribution is 2.28. The SMILES string of the molecule is O=C(CCc1ccccc1)N1CCC[C@@H](c2cncc(-c3cccc(Cl)c3)n2)C1. The fraction of sp³-hybridized carbons (Fsp3) is 0.292. The maximum absolute atomic E-state index is 12.7. The van der Waals surface area contributed by atoms with Gasteiger partial charge in [0.05, 0.1) is 17.6 Å². The highest BCUT2D eigenvalue weighted by molar-refractivity contribution is 6.30. The maximum atomic E-state index is 12.7. The van der Waals surface area contributed by atoms with Crippen molar-refractivity contribution in [2.45, 2.75) is 31.6 Å². The van der Waals surface area contributed by atoms with Crippen LogP contribution in [0, 0.1) is 0 Å². The van der Waals surface area contributed by atoms with Gasteiger partial charge in [-0.1, -0.05) is 54.1 Å². The third kappa shape index (κ3) is 5.01. The molecule has 3 aromatic rings. The van der Waals surface area contributed by atoms with Crippen LogP contribution < -0.4 is 0 Å². The predicted octanol–water partition coefficient (Wildman–Crippen LogP) is 5.14. The first-order valence-corrected chi connectivity index (χ1v) is 10.5. The normalized spacial score (nSPS) is 16.6. The second kappa shape index (κ2) is 9.19. The van der Waals surface area contributed by atoms with Gasteiger partial charge in [-0.2, -0.15) is 0 Å². The molecular weight excluding hydrogens is 382 g/mol. The zero-order valence-electron chi connectivity index (χ0n) is 16.3. The lowest BCUT2D eigenvalue weighted by molar-refractivity contribution is -0.132. The Balaban J connectivity index is 1.43. The summed E-state index contributed by atoms with van der Waals surface area (Å²) >= 11 is 6.12. The number of piperidine rings is 1. The van der Waals surface area contributed by atoms with Crippen molar-refractivity contribution in [2.24, 2.45) is 0 Å². The number of benzene rings is 2. The molecule has 0 N–H and O–H groups in total. The van der Waals surface area contributed by atoms with Gasteiger partial charge >= 0.3 is 0 Å². The molecular formula is C24H24ClN3O. The van der Waals surface area contributed by atoms with Crippen molar-refractivity contribution < 1.29 is 4.79 Å². The van der Waals surface area contributed by atoms with Crippen LogP contribution in [0.5, 0.6) is 0 Å². The van der Waals surface area contributed by atoms with Crippen LogP contribution in [-0.2, 0) is 11.2 Å². The van der Waals surface area contributed by atoms with Crippen LogP contribution in [-0.4, -0.2) is 33.9 Å². The largest absolute Gasteiger partial charge is 0.342 e. The highest BCUT2D eigenvalue weighted by Gasteiger charge is 2.25. The van der Waals surface area contributed by atoms with E-state index in [0.717, 1.165) is 42.8 Å². The van der Waals surface area contributed by atoms with Gasteiger partial charge in [0, 0.05) is 42.2 Å².